The maximum Gasteiger partial charge on any atom is 0.292 e. The standard InChI is InChI=1S/C28H28N4O3/c1-3-4-17-32-28(34)25-8-6-5-7-24(25)26(31-32)27(33)30-29-18-21-13-15-23(16-14-21)35-19-22-11-9-20(2)10-12-22/h5-16,18H,3-4,17,19H2,1-2H3,(H,30,33)/b29-18+. The van der Waals surface area contributed by atoms with E-state index in [9.17, 15) is 9.59 Å². The van der Waals surface area contributed by atoms with Crippen molar-refractivity contribution in [3.05, 3.63) is 106 Å². The van der Waals surface area contributed by atoms with Gasteiger partial charge in [0.15, 0.2) is 5.69 Å². The molecule has 0 aliphatic heterocycles. The lowest BCUT2D eigenvalue weighted by Gasteiger charge is -2.09. The Labute approximate surface area is 204 Å². The maximum absolute atomic E-state index is 12.9. The first-order chi connectivity index (χ1) is 17.0. The SMILES string of the molecule is CCCCn1nc(C(=O)N/N=C/c2ccc(OCc3ccc(C)cc3)cc2)c2ccccc2c1=O. The molecule has 1 amide bonds. The fraction of sp³-hybridized carbons (Fsp3) is 0.214. The van der Waals surface area contributed by atoms with Gasteiger partial charge in [0.25, 0.3) is 11.5 Å². The minimum Gasteiger partial charge on any atom is -0.489 e. The topological polar surface area (TPSA) is 85.6 Å². The van der Waals surface area contributed by atoms with Crippen molar-refractivity contribution in [2.45, 2.75) is 39.8 Å². The van der Waals surface area contributed by atoms with E-state index in [0.717, 1.165) is 29.7 Å². The van der Waals surface area contributed by atoms with Gasteiger partial charge in [-0.25, -0.2) is 10.1 Å². The summed E-state index contributed by atoms with van der Waals surface area (Å²) in [5.41, 5.74) is 5.63. The van der Waals surface area contributed by atoms with Crippen LogP contribution in [-0.2, 0) is 13.2 Å². The second-order valence-electron chi connectivity index (χ2n) is 8.32. The predicted molar refractivity (Wildman–Crippen MR) is 138 cm³/mol. The second kappa shape index (κ2) is 11.2. The van der Waals surface area contributed by atoms with E-state index in [0.29, 0.717) is 23.9 Å². The Bertz CT molecular complexity index is 1390. The van der Waals surface area contributed by atoms with E-state index < -0.39 is 5.91 Å². The highest BCUT2D eigenvalue weighted by Crippen LogP contribution is 2.15. The van der Waals surface area contributed by atoms with Crippen LogP contribution in [0.4, 0.5) is 0 Å². The number of nitrogens with one attached hydrogen (secondary N) is 1. The first kappa shape index (κ1) is 23.9. The number of unbranched alkanes of at least 4 members (excludes halogenated alkanes) is 1. The van der Waals surface area contributed by atoms with Gasteiger partial charge in [0, 0.05) is 11.9 Å². The molecule has 0 bridgehead atoms. The minimum absolute atomic E-state index is 0.174. The predicted octanol–water partition coefficient (Wildman–Crippen LogP) is 4.85. The van der Waals surface area contributed by atoms with Crippen LogP contribution in [0.5, 0.6) is 5.75 Å². The number of hydrogen-bond acceptors (Lipinski definition) is 5. The van der Waals surface area contributed by atoms with Gasteiger partial charge in [-0.15, -0.1) is 0 Å². The molecule has 0 unspecified atom stereocenters. The van der Waals surface area contributed by atoms with E-state index in [1.54, 1.807) is 30.5 Å². The number of carbonyl (C=O) groups excluding carboxylic acids is 1. The number of carbonyl (C=O) groups is 1. The molecule has 0 aliphatic carbocycles. The van der Waals surface area contributed by atoms with Crippen LogP contribution in [-0.4, -0.2) is 21.9 Å². The number of aromatic nitrogens is 2. The van der Waals surface area contributed by atoms with E-state index in [2.05, 4.69) is 34.7 Å². The van der Waals surface area contributed by atoms with Crippen LogP contribution in [0.1, 0.15) is 46.9 Å². The summed E-state index contributed by atoms with van der Waals surface area (Å²) in [6.45, 7) is 5.04. The number of hydrogen-bond donors (Lipinski definition) is 1. The number of benzene rings is 3. The summed E-state index contributed by atoms with van der Waals surface area (Å²) in [6, 6.07) is 22.6. The summed E-state index contributed by atoms with van der Waals surface area (Å²) in [5.74, 6) is 0.275. The van der Waals surface area contributed by atoms with Crippen molar-refractivity contribution < 1.29 is 9.53 Å². The van der Waals surface area contributed by atoms with Gasteiger partial charge in [-0.2, -0.15) is 10.2 Å². The second-order valence-corrected chi connectivity index (χ2v) is 8.32. The first-order valence-corrected chi connectivity index (χ1v) is 11.7. The van der Waals surface area contributed by atoms with Crippen molar-refractivity contribution in [1.82, 2.24) is 15.2 Å². The molecule has 0 saturated heterocycles. The molecular weight excluding hydrogens is 440 g/mol. The summed E-state index contributed by atoms with van der Waals surface area (Å²) in [4.78, 5) is 25.6. The summed E-state index contributed by atoms with van der Waals surface area (Å²) in [7, 11) is 0. The van der Waals surface area contributed by atoms with Gasteiger partial charge in [0.05, 0.1) is 11.6 Å². The largest absolute Gasteiger partial charge is 0.489 e. The third kappa shape index (κ3) is 6.00. The minimum atomic E-state index is -0.472. The normalized spacial score (nSPS) is 11.1. The van der Waals surface area contributed by atoms with Crippen LogP contribution in [0.25, 0.3) is 10.8 Å². The Kier molecular flexibility index (Phi) is 7.67. The molecule has 4 rings (SSSR count). The smallest absolute Gasteiger partial charge is 0.292 e. The van der Waals surface area contributed by atoms with Crippen molar-refractivity contribution >= 4 is 22.9 Å². The molecule has 0 spiro atoms. The van der Waals surface area contributed by atoms with E-state index in [1.165, 1.54) is 10.2 Å². The van der Waals surface area contributed by atoms with Crippen LogP contribution >= 0.6 is 0 Å². The van der Waals surface area contributed by atoms with Crippen LogP contribution in [0, 0.1) is 6.92 Å². The van der Waals surface area contributed by atoms with Crippen LogP contribution in [0.15, 0.2) is 82.7 Å². The van der Waals surface area contributed by atoms with Gasteiger partial charge < -0.3 is 4.74 Å². The van der Waals surface area contributed by atoms with Gasteiger partial charge in [0.2, 0.25) is 0 Å². The highest BCUT2D eigenvalue weighted by atomic mass is 16.5. The molecular formula is C28H28N4O3. The number of nitrogens with zero attached hydrogens (tertiary/aromatic N) is 3. The van der Waals surface area contributed by atoms with Gasteiger partial charge in [-0.05, 0) is 54.8 Å². The molecule has 1 N–H and O–H groups in total. The molecule has 35 heavy (non-hydrogen) atoms. The molecule has 7 heteroatoms. The van der Waals surface area contributed by atoms with E-state index in [1.807, 2.05) is 43.3 Å². The monoisotopic (exact) mass is 468 g/mol. The lowest BCUT2D eigenvalue weighted by Crippen LogP contribution is -2.29. The Hall–Kier alpha value is -4.26. The number of amides is 1. The Morgan fingerprint density at radius 2 is 1.74 bits per heavy atom. The molecule has 1 heterocycles. The zero-order chi connectivity index (χ0) is 24.6. The van der Waals surface area contributed by atoms with E-state index >= 15 is 0 Å². The van der Waals surface area contributed by atoms with Gasteiger partial charge in [0.1, 0.15) is 12.4 Å². The van der Waals surface area contributed by atoms with E-state index in [-0.39, 0.29) is 11.3 Å². The van der Waals surface area contributed by atoms with Gasteiger partial charge >= 0.3 is 0 Å². The molecule has 0 atom stereocenters. The molecule has 4 aromatic rings. The molecule has 178 valence electrons. The van der Waals surface area contributed by atoms with Crippen molar-refractivity contribution in [1.29, 1.82) is 0 Å². The Balaban J connectivity index is 1.42. The summed E-state index contributed by atoms with van der Waals surface area (Å²) < 4.78 is 7.19. The number of fused-ring (bicyclic) bond motifs is 1. The molecule has 3 aromatic carbocycles. The Morgan fingerprint density at radius 1 is 1.03 bits per heavy atom. The van der Waals surface area contributed by atoms with Gasteiger partial charge in [-0.3, -0.25) is 9.59 Å². The molecule has 0 aliphatic rings. The average Bonchev–Trinajstić information content (AvgIpc) is 2.89. The molecule has 0 fully saturated rings. The van der Waals surface area contributed by atoms with Crippen LogP contribution in [0.2, 0.25) is 0 Å². The fourth-order valence-electron chi connectivity index (χ4n) is 3.58. The molecule has 0 radical (unpaired) electrons. The maximum atomic E-state index is 12.9. The van der Waals surface area contributed by atoms with Crippen LogP contribution < -0.4 is 15.7 Å². The van der Waals surface area contributed by atoms with Crippen LogP contribution in [0.3, 0.4) is 0 Å². The number of aryl methyl sites for hydroxylation is 2. The fourth-order valence-corrected chi connectivity index (χ4v) is 3.58. The number of rotatable bonds is 9. The third-order valence-corrected chi connectivity index (χ3v) is 5.59. The molecule has 7 nitrogen and oxygen atoms in total. The van der Waals surface area contributed by atoms with Crippen molar-refractivity contribution in [3.63, 3.8) is 0 Å². The summed E-state index contributed by atoms with van der Waals surface area (Å²) in [6.07, 6.45) is 3.27. The lowest BCUT2D eigenvalue weighted by molar-refractivity contribution is 0.0949. The van der Waals surface area contributed by atoms with Crippen molar-refractivity contribution in [2.75, 3.05) is 0 Å². The number of ether oxygens (including phenoxy) is 1. The molecule has 0 saturated carbocycles. The Morgan fingerprint density at radius 3 is 2.46 bits per heavy atom. The highest BCUT2D eigenvalue weighted by Gasteiger charge is 2.16. The third-order valence-electron chi connectivity index (χ3n) is 5.59. The highest BCUT2D eigenvalue weighted by molar-refractivity contribution is 6.04. The van der Waals surface area contributed by atoms with Crippen molar-refractivity contribution in [2.24, 2.45) is 5.10 Å². The first-order valence-electron chi connectivity index (χ1n) is 11.7. The quantitative estimate of drug-likeness (QED) is 0.281. The van der Waals surface area contributed by atoms with E-state index in [4.69, 9.17) is 4.74 Å². The zero-order valence-corrected chi connectivity index (χ0v) is 19.9. The lowest BCUT2D eigenvalue weighted by atomic mass is 10.1. The zero-order valence-electron chi connectivity index (χ0n) is 19.9. The summed E-state index contributed by atoms with van der Waals surface area (Å²) in [5, 5.41) is 9.38. The summed E-state index contributed by atoms with van der Waals surface area (Å²) >= 11 is 0. The van der Waals surface area contributed by atoms with Gasteiger partial charge in [-0.1, -0.05) is 61.4 Å². The number of hydrazone groups is 1. The van der Waals surface area contributed by atoms with Crippen molar-refractivity contribution in [3.8, 4) is 5.75 Å². The average molecular weight is 469 g/mol. The molecule has 1 aromatic heterocycles.